The standard InChI is InChI=1S/C18H25BF3O/c1-2-14-12-17(23-18(20,21)22)11-10-15(14)13-19-16-8-6-4-3-5-7-9-16/h10-12,16H,2-9,13H2,1H3. The van der Waals surface area contributed by atoms with Gasteiger partial charge in [-0.3, -0.25) is 0 Å². The lowest BCUT2D eigenvalue weighted by molar-refractivity contribution is -0.274. The third-order valence-corrected chi connectivity index (χ3v) is 4.61. The maximum absolute atomic E-state index is 12.3. The molecule has 0 N–H and O–H groups in total. The van der Waals surface area contributed by atoms with Crippen LogP contribution in [-0.2, 0) is 12.7 Å². The number of aryl methyl sites for hydroxylation is 1. The highest BCUT2D eigenvalue weighted by Gasteiger charge is 2.31. The Morgan fingerprint density at radius 1 is 1.04 bits per heavy atom. The first-order valence-electron chi connectivity index (χ1n) is 8.69. The molecule has 23 heavy (non-hydrogen) atoms. The van der Waals surface area contributed by atoms with E-state index in [4.69, 9.17) is 0 Å². The van der Waals surface area contributed by atoms with Gasteiger partial charge in [-0.2, -0.15) is 0 Å². The van der Waals surface area contributed by atoms with Gasteiger partial charge in [0, 0.05) is 0 Å². The summed E-state index contributed by atoms with van der Waals surface area (Å²) in [6.45, 7) is 1.96. The first-order valence-corrected chi connectivity index (χ1v) is 8.69. The van der Waals surface area contributed by atoms with Crippen molar-refractivity contribution in [3.05, 3.63) is 29.3 Å². The van der Waals surface area contributed by atoms with Crippen LogP contribution in [0.5, 0.6) is 5.75 Å². The van der Waals surface area contributed by atoms with E-state index in [0.717, 1.165) is 17.4 Å². The summed E-state index contributed by atoms with van der Waals surface area (Å²) < 4.78 is 40.9. The minimum Gasteiger partial charge on any atom is -0.406 e. The number of ether oxygens (including phenoxy) is 1. The van der Waals surface area contributed by atoms with Crippen LogP contribution in [0.4, 0.5) is 13.2 Å². The molecule has 5 heteroatoms. The Bertz CT molecular complexity index is 480. The molecule has 2 rings (SSSR count). The monoisotopic (exact) mass is 325 g/mol. The summed E-state index contributed by atoms with van der Waals surface area (Å²) in [5.74, 6) is 0.523. The Morgan fingerprint density at radius 3 is 2.30 bits per heavy atom. The highest BCUT2D eigenvalue weighted by atomic mass is 19.4. The van der Waals surface area contributed by atoms with Crippen LogP contribution in [0.3, 0.4) is 0 Å². The van der Waals surface area contributed by atoms with Crippen molar-refractivity contribution in [2.75, 3.05) is 0 Å². The highest BCUT2D eigenvalue weighted by molar-refractivity contribution is 6.37. The van der Waals surface area contributed by atoms with E-state index in [-0.39, 0.29) is 5.75 Å². The Balaban J connectivity index is 1.95. The molecule has 0 spiro atoms. The van der Waals surface area contributed by atoms with E-state index >= 15 is 0 Å². The average Bonchev–Trinajstić information content (AvgIpc) is 2.45. The van der Waals surface area contributed by atoms with Crippen LogP contribution in [0.15, 0.2) is 18.2 Å². The first kappa shape index (κ1) is 18.2. The second-order valence-electron chi connectivity index (χ2n) is 6.38. The number of rotatable bonds is 5. The van der Waals surface area contributed by atoms with Gasteiger partial charge >= 0.3 is 6.36 Å². The molecular formula is C18H25BF3O. The third-order valence-electron chi connectivity index (χ3n) is 4.61. The fourth-order valence-electron chi connectivity index (χ4n) is 3.34. The highest BCUT2D eigenvalue weighted by Crippen LogP contribution is 2.29. The van der Waals surface area contributed by atoms with Crippen LogP contribution in [0.2, 0.25) is 5.82 Å². The molecule has 0 amide bonds. The fraction of sp³-hybridized carbons (Fsp3) is 0.667. The lowest BCUT2D eigenvalue weighted by Crippen LogP contribution is -2.17. The Labute approximate surface area is 137 Å². The molecular weight excluding hydrogens is 300 g/mol. The minimum atomic E-state index is -4.63. The van der Waals surface area contributed by atoms with Crippen molar-refractivity contribution in [2.24, 2.45) is 0 Å². The van der Waals surface area contributed by atoms with Crippen LogP contribution >= 0.6 is 0 Å². The maximum atomic E-state index is 12.3. The van der Waals surface area contributed by atoms with Gasteiger partial charge in [0.25, 0.3) is 0 Å². The number of hydrogen-bond acceptors (Lipinski definition) is 1. The zero-order chi connectivity index (χ0) is 16.7. The predicted molar refractivity (Wildman–Crippen MR) is 88.0 cm³/mol. The van der Waals surface area contributed by atoms with Crippen molar-refractivity contribution in [3.8, 4) is 5.75 Å². The summed E-state index contributed by atoms with van der Waals surface area (Å²) in [5, 5.41) is 0. The Kier molecular flexibility index (Phi) is 6.85. The van der Waals surface area contributed by atoms with E-state index in [9.17, 15) is 13.2 Å². The van der Waals surface area contributed by atoms with Crippen molar-refractivity contribution in [3.63, 3.8) is 0 Å². The lowest BCUT2D eigenvalue weighted by Gasteiger charge is -2.19. The van der Waals surface area contributed by atoms with Gasteiger partial charge in [0.15, 0.2) is 0 Å². The van der Waals surface area contributed by atoms with Crippen LogP contribution in [0.1, 0.15) is 63.0 Å². The number of hydrogen-bond donors (Lipinski definition) is 0. The summed E-state index contributed by atoms with van der Waals surface area (Å²) in [5.41, 5.74) is 2.05. The normalized spacial score (nSPS) is 17.4. The molecule has 0 saturated heterocycles. The largest absolute Gasteiger partial charge is 0.573 e. The Morgan fingerprint density at radius 2 is 1.70 bits per heavy atom. The molecule has 1 aromatic carbocycles. The van der Waals surface area contributed by atoms with Crippen LogP contribution in [-0.4, -0.2) is 13.6 Å². The molecule has 0 unspecified atom stereocenters. The number of halogens is 3. The van der Waals surface area contributed by atoms with Crippen molar-refractivity contribution >= 4 is 7.28 Å². The molecule has 1 fully saturated rings. The zero-order valence-electron chi connectivity index (χ0n) is 13.8. The summed E-state index contributed by atoms with van der Waals surface area (Å²) in [4.78, 5) is 0. The van der Waals surface area contributed by atoms with Crippen LogP contribution in [0, 0.1) is 0 Å². The molecule has 0 aliphatic heterocycles. The van der Waals surface area contributed by atoms with Crippen LogP contribution < -0.4 is 4.74 Å². The van der Waals surface area contributed by atoms with E-state index in [0.29, 0.717) is 12.2 Å². The van der Waals surface area contributed by atoms with Gasteiger partial charge in [0.2, 0.25) is 0 Å². The zero-order valence-corrected chi connectivity index (χ0v) is 13.8. The summed E-state index contributed by atoms with van der Waals surface area (Å²) in [6, 6.07) is 4.72. The van der Waals surface area contributed by atoms with E-state index < -0.39 is 6.36 Å². The van der Waals surface area contributed by atoms with Crippen molar-refractivity contribution in [1.29, 1.82) is 0 Å². The van der Waals surface area contributed by atoms with Gasteiger partial charge in [-0.1, -0.05) is 75.6 Å². The maximum Gasteiger partial charge on any atom is 0.573 e. The number of benzene rings is 1. The van der Waals surface area contributed by atoms with Crippen molar-refractivity contribution in [1.82, 2.24) is 0 Å². The smallest absolute Gasteiger partial charge is 0.406 e. The van der Waals surface area contributed by atoms with Gasteiger partial charge in [0.05, 0.1) is 0 Å². The Hall–Kier alpha value is -1.13. The molecule has 1 aromatic rings. The first-order chi connectivity index (χ1) is 11.0. The van der Waals surface area contributed by atoms with E-state index in [2.05, 4.69) is 12.0 Å². The van der Waals surface area contributed by atoms with E-state index in [1.807, 2.05) is 6.92 Å². The summed E-state index contributed by atoms with van der Waals surface area (Å²) in [6.07, 6.45) is 6.00. The van der Waals surface area contributed by atoms with Gasteiger partial charge in [-0.25, -0.2) is 0 Å². The van der Waals surface area contributed by atoms with E-state index in [1.54, 1.807) is 6.07 Å². The van der Waals surface area contributed by atoms with Gasteiger partial charge in [-0.05, 0) is 24.1 Å². The molecule has 1 aliphatic rings. The van der Waals surface area contributed by atoms with Gasteiger partial charge < -0.3 is 4.74 Å². The van der Waals surface area contributed by atoms with E-state index in [1.165, 1.54) is 57.1 Å². The predicted octanol–water partition coefficient (Wildman–Crippen LogP) is 5.88. The summed E-state index contributed by atoms with van der Waals surface area (Å²) in [7, 11) is 2.37. The molecule has 0 heterocycles. The molecule has 0 bridgehead atoms. The topological polar surface area (TPSA) is 9.23 Å². The number of alkyl halides is 3. The second-order valence-corrected chi connectivity index (χ2v) is 6.38. The fourth-order valence-corrected chi connectivity index (χ4v) is 3.34. The SMILES string of the molecule is CCc1cc(OC(F)(F)F)ccc1C[B]C1CCCCCCC1. The van der Waals surface area contributed by atoms with Crippen molar-refractivity contribution < 1.29 is 17.9 Å². The van der Waals surface area contributed by atoms with Gasteiger partial charge in [-0.15, -0.1) is 13.2 Å². The molecule has 0 atom stereocenters. The minimum absolute atomic E-state index is 0.121. The van der Waals surface area contributed by atoms with Crippen LogP contribution in [0.25, 0.3) is 0 Å². The molecule has 1 saturated carbocycles. The lowest BCUT2D eigenvalue weighted by atomic mass is 9.56. The molecule has 127 valence electrons. The summed E-state index contributed by atoms with van der Waals surface area (Å²) >= 11 is 0. The molecule has 0 aromatic heterocycles. The van der Waals surface area contributed by atoms with Gasteiger partial charge in [0.1, 0.15) is 13.0 Å². The molecule has 1 aliphatic carbocycles. The molecule has 1 nitrogen and oxygen atoms in total. The third kappa shape index (κ3) is 6.48. The second kappa shape index (κ2) is 8.65. The quantitative estimate of drug-likeness (QED) is 0.614. The molecule has 1 radical (unpaired) electrons. The average molecular weight is 325 g/mol. The van der Waals surface area contributed by atoms with Crippen molar-refractivity contribution in [2.45, 2.75) is 76.8 Å².